The van der Waals surface area contributed by atoms with Crippen LogP contribution in [0.2, 0.25) is 0 Å². The summed E-state index contributed by atoms with van der Waals surface area (Å²) in [5.41, 5.74) is 2.31. The van der Waals surface area contributed by atoms with Crippen molar-refractivity contribution in [3.63, 3.8) is 0 Å². The highest BCUT2D eigenvalue weighted by Crippen LogP contribution is 2.22. The van der Waals surface area contributed by atoms with Gasteiger partial charge in [-0.1, -0.05) is 36.4 Å². The molecule has 1 heterocycles. The molecule has 0 unspecified atom stereocenters. The minimum atomic E-state index is -2.81. The van der Waals surface area contributed by atoms with Crippen molar-refractivity contribution in [1.82, 2.24) is 0 Å². The van der Waals surface area contributed by atoms with Gasteiger partial charge in [-0.2, -0.15) is 0 Å². The van der Waals surface area contributed by atoms with E-state index in [-0.39, 0.29) is 5.75 Å². The van der Waals surface area contributed by atoms with Crippen LogP contribution in [0.4, 0.5) is 0 Å². The molecule has 1 aliphatic heterocycles. The van der Waals surface area contributed by atoms with Crippen LogP contribution in [0.5, 0.6) is 0 Å². The van der Waals surface area contributed by atoms with Gasteiger partial charge >= 0.3 is 0 Å². The summed E-state index contributed by atoms with van der Waals surface area (Å²) >= 11 is 0. The zero-order chi connectivity index (χ0) is 10.7. The van der Waals surface area contributed by atoms with E-state index in [9.17, 15) is 8.42 Å². The maximum absolute atomic E-state index is 11.4. The van der Waals surface area contributed by atoms with Crippen molar-refractivity contribution in [2.75, 3.05) is 11.5 Å². The summed E-state index contributed by atoms with van der Waals surface area (Å²) in [6.07, 6.45) is 3.35. The van der Waals surface area contributed by atoms with Crippen molar-refractivity contribution in [2.24, 2.45) is 0 Å². The van der Waals surface area contributed by atoms with Gasteiger partial charge in [0.1, 0.15) is 0 Å². The monoisotopic (exact) mass is 222 g/mol. The zero-order valence-corrected chi connectivity index (χ0v) is 9.33. The highest BCUT2D eigenvalue weighted by Gasteiger charge is 2.15. The Labute approximate surface area is 90.6 Å². The lowest BCUT2D eigenvalue weighted by Crippen LogP contribution is -2.08. The average Bonchev–Trinajstić information content (AvgIpc) is 2.41. The molecule has 0 N–H and O–H groups in total. The van der Waals surface area contributed by atoms with E-state index in [2.05, 4.69) is 6.08 Å². The van der Waals surface area contributed by atoms with Crippen LogP contribution in [0, 0.1) is 0 Å². The number of hydrogen-bond acceptors (Lipinski definition) is 2. The van der Waals surface area contributed by atoms with Crippen LogP contribution in [-0.4, -0.2) is 19.9 Å². The normalized spacial score (nSPS) is 20.4. The molecular formula is C12H14O2S. The topological polar surface area (TPSA) is 34.1 Å². The van der Waals surface area contributed by atoms with Gasteiger partial charge in [-0.15, -0.1) is 0 Å². The molecule has 2 nitrogen and oxygen atoms in total. The summed E-state index contributed by atoms with van der Waals surface area (Å²) in [5.74, 6) is 0.580. The molecule has 0 saturated carbocycles. The molecule has 0 aromatic heterocycles. The van der Waals surface area contributed by atoms with Crippen molar-refractivity contribution in [2.45, 2.75) is 12.8 Å². The molecule has 0 saturated heterocycles. The van der Waals surface area contributed by atoms with E-state index in [0.29, 0.717) is 18.6 Å². The second-order valence-electron chi connectivity index (χ2n) is 3.79. The van der Waals surface area contributed by atoms with Crippen molar-refractivity contribution in [3.05, 3.63) is 42.0 Å². The number of benzene rings is 1. The molecule has 0 amide bonds. The third-order valence-corrected chi connectivity index (χ3v) is 4.33. The Balaban J connectivity index is 2.22. The van der Waals surface area contributed by atoms with Crippen LogP contribution in [0.15, 0.2) is 36.4 Å². The standard InChI is InChI=1S/C12H14O2S/c13-15(14)9-4-7-12(8-10-15)11-5-2-1-3-6-11/h1-3,5-7H,4,8-10H2. The highest BCUT2D eigenvalue weighted by molar-refractivity contribution is 7.91. The molecule has 0 radical (unpaired) electrons. The second-order valence-corrected chi connectivity index (χ2v) is 6.09. The van der Waals surface area contributed by atoms with E-state index < -0.39 is 9.84 Å². The fraction of sp³-hybridized carbons (Fsp3) is 0.333. The van der Waals surface area contributed by atoms with Crippen molar-refractivity contribution < 1.29 is 8.42 Å². The van der Waals surface area contributed by atoms with E-state index in [1.807, 2.05) is 30.3 Å². The average molecular weight is 222 g/mol. The van der Waals surface area contributed by atoms with Crippen LogP contribution in [-0.2, 0) is 9.84 Å². The Morgan fingerprint density at radius 3 is 2.47 bits per heavy atom. The van der Waals surface area contributed by atoms with E-state index in [1.165, 1.54) is 0 Å². The number of rotatable bonds is 1. The Morgan fingerprint density at radius 1 is 1.00 bits per heavy atom. The SMILES string of the molecule is O=S1(=O)CCC=C(c2ccccc2)CC1. The van der Waals surface area contributed by atoms with Crippen LogP contribution < -0.4 is 0 Å². The minimum Gasteiger partial charge on any atom is -0.229 e. The summed E-state index contributed by atoms with van der Waals surface area (Å²) in [6.45, 7) is 0. The third-order valence-electron chi connectivity index (χ3n) is 2.65. The molecule has 0 bridgehead atoms. The highest BCUT2D eigenvalue weighted by atomic mass is 32.2. The first kappa shape index (κ1) is 10.4. The molecule has 3 heteroatoms. The van der Waals surface area contributed by atoms with Gasteiger partial charge in [-0.05, 0) is 24.0 Å². The fourth-order valence-electron chi connectivity index (χ4n) is 1.80. The summed E-state index contributed by atoms with van der Waals surface area (Å²) in [6, 6.07) is 10.00. The Morgan fingerprint density at radius 2 is 1.73 bits per heavy atom. The van der Waals surface area contributed by atoms with Gasteiger partial charge < -0.3 is 0 Å². The summed E-state index contributed by atoms with van der Waals surface area (Å²) in [5, 5.41) is 0. The third kappa shape index (κ3) is 2.69. The van der Waals surface area contributed by atoms with Gasteiger partial charge in [0.05, 0.1) is 11.5 Å². The molecule has 15 heavy (non-hydrogen) atoms. The van der Waals surface area contributed by atoms with Crippen molar-refractivity contribution in [3.8, 4) is 0 Å². The van der Waals surface area contributed by atoms with Crippen LogP contribution >= 0.6 is 0 Å². The molecule has 80 valence electrons. The summed E-state index contributed by atoms with van der Waals surface area (Å²) in [7, 11) is -2.81. The van der Waals surface area contributed by atoms with Gasteiger partial charge in [-0.3, -0.25) is 0 Å². The van der Waals surface area contributed by atoms with E-state index in [0.717, 1.165) is 11.1 Å². The predicted molar refractivity (Wildman–Crippen MR) is 62.3 cm³/mol. The maximum Gasteiger partial charge on any atom is 0.150 e. The first-order chi connectivity index (χ1) is 7.17. The molecule has 0 atom stereocenters. The lowest BCUT2D eigenvalue weighted by Gasteiger charge is -2.04. The molecule has 0 fully saturated rings. The smallest absolute Gasteiger partial charge is 0.150 e. The number of allylic oxidation sites excluding steroid dienone is 2. The number of sulfone groups is 1. The van der Waals surface area contributed by atoms with Crippen LogP contribution in [0.25, 0.3) is 5.57 Å². The molecule has 0 spiro atoms. The van der Waals surface area contributed by atoms with Gasteiger partial charge in [0, 0.05) is 0 Å². The van der Waals surface area contributed by atoms with Crippen molar-refractivity contribution >= 4 is 15.4 Å². The molecule has 1 aromatic rings. The quantitative estimate of drug-likeness (QED) is 0.730. The Bertz CT molecular complexity index is 458. The van der Waals surface area contributed by atoms with Crippen LogP contribution in [0.1, 0.15) is 18.4 Å². The molecule has 1 aromatic carbocycles. The lowest BCUT2D eigenvalue weighted by atomic mass is 10.0. The van der Waals surface area contributed by atoms with Crippen molar-refractivity contribution in [1.29, 1.82) is 0 Å². The van der Waals surface area contributed by atoms with E-state index in [1.54, 1.807) is 0 Å². The number of hydrogen-bond donors (Lipinski definition) is 0. The fourth-order valence-corrected chi connectivity index (χ4v) is 3.01. The van der Waals surface area contributed by atoms with E-state index >= 15 is 0 Å². The second kappa shape index (κ2) is 4.19. The minimum absolute atomic E-state index is 0.285. The summed E-state index contributed by atoms with van der Waals surface area (Å²) in [4.78, 5) is 0. The molecule has 1 aliphatic rings. The summed E-state index contributed by atoms with van der Waals surface area (Å²) < 4.78 is 22.8. The first-order valence-corrected chi connectivity index (χ1v) is 6.94. The molecule has 0 aliphatic carbocycles. The van der Waals surface area contributed by atoms with Gasteiger partial charge in [-0.25, -0.2) is 8.42 Å². The largest absolute Gasteiger partial charge is 0.229 e. The molecule has 2 rings (SSSR count). The first-order valence-electron chi connectivity index (χ1n) is 5.12. The van der Waals surface area contributed by atoms with Crippen LogP contribution in [0.3, 0.4) is 0 Å². The van der Waals surface area contributed by atoms with Gasteiger partial charge in [0.15, 0.2) is 9.84 Å². The van der Waals surface area contributed by atoms with E-state index in [4.69, 9.17) is 0 Å². The maximum atomic E-state index is 11.4. The predicted octanol–water partition coefficient (Wildman–Crippen LogP) is 2.28. The van der Waals surface area contributed by atoms with Gasteiger partial charge in [0.25, 0.3) is 0 Å². The zero-order valence-electron chi connectivity index (χ0n) is 8.52. The van der Waals surface area contributed by atoms with Gasteiger partial charge in [0.2, 0.25) is 0 Å². The molecular weight excluding hydrogens is 208 g/mol. The Kier molecular flexibility index (Phi) is 2.91. The lowest BCUT2D eigenvalue weighted by molar-refractivity contribution is 0.596. The Hall–Kier alpha value is -1.09.